The molecule has 140 valence electrons. The maximum absolute atomic E-state index is 6.42. The van der Waals surface area contributed by atoms with E-state index in [0.717, 1.165) is 28.5 Å². The van der Waals surface area contributed by atoms with E-state index in [-0.39, 0.29) is 5.60 Å². The fraction of sp³-hybridized carbons (Fsp3) is 0.429. The van der Waals surface area contributed by atoms with Gasteiger partial charge in [-0.25, -0.2) is 0 Å². The van der Waals surface area contributed by atoms with E-state index < -0.39 is 0 Å². The summed E-state index contributed by atoms with van der Waals surface area (Å²) in [6.07, 6.45) is 4.69. The molecule has 1 heterocycles. The summed E-state index contributed by atoms with van der Waals surface area (Å²) in [5, 5.41) is 3.63. The Labute approximate surface area is 160 Å². The third-order valence-corrected chi connectivity index (χ3v) is 6.22. The van der Waals surface area contributed by atoms with Gasteiger partial charge in [0.15, 0.2) is 0 Å². The van der Waals surface area contributed by atoms with Crippen LogP contribution in [0.2, 0.25) is 0 Å². The van der Waals surface area contributed by atoms with Gasteiger partial charge in [0.05, 0.1) is 11.4 Å². The van der Waals surface area contributed by atoms with Crippen molar-refractivity contribution in [3.8, 4) is 5.75 Å². The van der Waals surface area contributed by atoms with Gasteiger partial charge in [0.1, 0.15) is 11.4 Å². The molecule has 0 aromatic heterocycles. The second kappa shape index (κ2) is 8.23. The lowest BCUT2D eigenvalue weighted by Gasteiger charge is -2.40. The number of hydrogen-bond acceptors (Lipinski definition) is 5. The summed E-state index contributed by atoms with van der Waals surface area (Å²) in [6.45, 7) is 5.51. The van der Waals surface area contributed by atoms with Crippen LogP contribution in [0.3, 0.4) is 0 Å². The molecule has 2 aromatic rings. The Balaban J connectivity index is 1.67. The first kappa shape index (κ1) is 18.9. The molecule has 0 radical (unpaired) electrons. The van der Waals surface area contributed by atoms with Gasteiger partial charge in [-0.2, -0.15) is 0 Å². The smallest absolute Gasteiger partial charge is 0.121 e. The van der Waals surface area contributed by atoms with Crippen molar-refractivity contribution >= 4 is 23.1 Å². The first-order chi connectivity index (χ1) is 12.5. The van der Waals surface area contributed by atoms with Crippen molar-refractivity contribution in [1.82, 2.24) is 5.32 Å². The van der Waals surface area contributed by atoms with E-state index in [4.69, 9.17) is 16.2 Å². The van der Waals surface area contributed by atoms with Crippen molar-refractivity contribution < 1.29 is 4.74 Å². The largest absolute Gasteiger partial charge is 0.486 e. The molecule has 0 aliphatic carbocycles. The van der Waals surface area contributed by atoms with Gasteiger partial charge in [-0.15, -0.1) is 0 Å². The molecule has 5 N–H and O–H groups in total. The van der Waals surface area contributed by atoms with Crippen molar-refractivity contribution in [2.24, 2.45) is 0 Å². The van der Waals surface area contributed by atoms with Crippen molar-refractivity contribution in [2.75, 3.05) is 18.0 Å². The number of piperidine rings is 1. The second-order valence-electron chi connectivity index (χ2n) is 7.13. The summed E-state index contributed by atoms with van der Waals surface area (Å²) in [6, 6.07) is 14.5. The zero-order valence-corrected chi connectivity index (χ0v) is 16.4. The van der Waals surface area contributed by atoms with Crippen LogP contribution in [0.15, 0.2) is 52.3 Å². The molecule has 0 amide bonds. The van der Waals surface area contributed by atoms with Gasteiger partial charge in [0, 0.05) is 15.8 Å². The number of rotatable bonds is 6. The van der Waals surface area contributed by atoms with Crippen molar-refractivity contribution in [3.63, 3.8) is 0 Å². The lowest BCUT2D eigenvalue weighted by molar-refractivity contribution is 0.0316. The average molecular weight is 372 g/mol. The molecule has 1 aliphatic rings. The van der Waals surface area contributed by atoms with Gasteiger partial charge < -0.3 is 21.5 Å². The standard InChI is InChI=1S/C21H29N3OS/c1-3-21(2,20-6-4-5-13-24-20)25-15-7-9-16(10-8-15)26-17-11-12-18(22)19(23)14-17/h7-12,14,20,24H,3-6,13,22-23H2,1-2H3. The van der Waals surface area contributed by atoms with Crippen molar-refractivity contribution in [1.29, 1.82) is 0 Å². The molecule has 0 spiro atoms. The number of anilines is 2. The Hall–Kier alpha value is -1.85. The number of ether oxygens (including phenoxy) is 1. The van der Waals surface area contributed by atoms with Gasteiger partial charge in [-0.3, -0.25) is 0 Å². The average Bonchev–Trinajstić information content (AvgIpc) is 2.67. The molecular formula is C21H29N3OS. The van der Waals surface area contributed by atoms with Crippen LogP contribution in [0.4, 0.5) is 11.4 Å². The Morgan fingerprint density at radius 1 is 1.08 bits per heavy atom. The van der Waals surface area contributed by atoms with E-state index in [1.54, 1.807) is 11.8 Å². The fourth-order valence-electron chi connectivity index (χ4n) is 3.36. The van der Waals surface area contributed by atoms with Gasteiger partial charge in [0.25, 0.3) is 0 Å². The molecular weight excluding hydrogens is 342 g/mol. The molecule has 0 saturated carbocycles. The minimum Gasteiger partial charge on any atom is -0.486 e. The number of nitrogen functional groups attached to an aromatic ring is 2. The molecule has 2 atom stereocenters. The van der Waals surface area contributed by atoms with Gasteiger partial charge in [0.2, 0.25) is 0 Å². The maximum Gasteiger partial charge on any atom is 0.121 e. The zero-order chi connectivity index (χ0) is 18.6. The van der Waals surface area contributed by atoms with E-state index >= 15 is 0 Å². The molecule has 5 heteroatoms. The highest BCUT2D eigenvalue weighted by Crippen LogP contribution is 2.33. The van der Waals surface area contributed by atoms with Crippen LogP contribution in [0.25, 0.3) is 0 Å². The highest BCUT2D eigenvalue weighted by molar-refractivity contribution is 7.99. The minimum atomic E-state index is -0.180. The minimum absolute atomic E-state index is 0.180. The summed E-state index contributed by atoms with van der Waals surface area (Å²) >= 11 is 1.67. The normalized spacial score (nSPS) is 19.7. The van der Waals surface area contributed by atoms with Gasteiger partial charge >= 0.3 is 0 Å². The number of hydrogen-bond donors (Lipinski definition) is 3. The van der Waals surface area contributed by atoms with Crippen LogP contribution < -0.4 is 21.5 Å². The first-order valence-corrected chi connectivity index (χ1v) is 10.2. The summed E-state index contributed by atoms with van der Waals surface area (Å²) < 4.78 is 6.42. The molecule has 3 rings (SSSR count). The van der Waals surface area contributed by atoms with E-state index in [1.165, 1.54) is 19.3 Å². The SMILES string of the molecule is CCC(C)(Oc1ccc(Sc2ccc(N)c(N)c2)cc1)C1CCCCN1. The van der Waals surface area contributed by atoms with Crippen LogP contribution in [0.1, 0.15) is 39.5 Å². The Morgan fingerprint density at radius 3 is 2.42 bits per heavy atom. The van der Waals surface area contributed by atoms with Crippen LogP contribution in [0.5, 0.6) is 5.75 Å². The highest BCUT2D eigenvalue weighted by Gasteiger charge is 2.35. The lowest BCUT2D eigenvalue weighted by atomic mass is 9.87. The fourth-order valence-corrected chi connectivity index (χ4v) is 4.23. The summed E-state index contributed by atoms with van der Waals surface area (Å²) in [5.74, 6) is 0.919. The molecule has 1 saturated heterocycles. The lowest BCUT2D eigenvalue weighted by Crippen LogP contribution is -2.54. The van der Waals surface area contributed by atoms with E-state index in [9.17, 15) is 0 Å². The zero-order valence-electron chi connectivity index (χ0n) is 15.6. The summed E-state index contributed by atoms with van der Waals surface area (Å²) in [7, 11) is 0. The van der Waals surface area contributed by atoms with E-state index in [0.29, 0.717) is 17.4 Å². The number of nitrogens with two attached hydrogens (primary N) is 2. The Bertz CT molecular complexity index is 729. The molecule has 2 unspecified atom stereocenters. The van der Waals surface area contributed by atoms with Crippen LogP contribution in [0, 0.1) is 0 Å². The van der Waals surface area contributed by atoms with Gasteiger partial charge in [-0.05, 0) is 75.2 Å². The van der Waals surface area contributed by atoms with Gasteiger partial charge in [-0.1, -0.05) is 25.1 Å². The molecule has 0 bridgehead atoms. The van der Waals surface area contributed by atoms with E-state index in [2.05, 4.69) is 43.4 Å². The second-order valence-corrected chi connectivity index (χ2v) is 8.28. The summed E-state index contributed by atoms with van der Waals surface area (Å²) in [5.41, 5.74) is 12.7. The predicted molar refractivity (Wildman–Crippen MR) is 111 cm³/mol. The highest BCUT2D eigenvalue weighted by atomic mass is 32.2. The molecule has 4 nitrogen and oxygen atoms in total. The Kier molecular flexibility index (Phi) is 5.99. The third kappa shape index (κ3) is 4.46. The molecule has 1 aliphatic heterocycles. The molecule has 26 heavy (non-hydrogen) atoms. The van der Waals surface area contributed by atoms with Crippen LogP contribution in [-0.2, 0) is 0 Å². The van der Waals surface area contributed by atoms with E-state index in [1.807, 2.05) is 18.2 Å². The molecule has 2 aromatic carbocycles. The van der Waals surface area contributed by atoms with Crippen molar-refractivity contribution in [2.45, 2.75) is 61.0 Å². The maximum atomic E-state index is 6.42. The van der Waals surface area contributed by atoms with Crippen LogP contribution in [-0.4, -0.2) is 18.2 Å². The number of nitrogens with one attached hydrogen (secondary N) is 1. The van der Waals surface area contributed by atoms with Crippen molar-refractivity contribution in [3.05, 3.63) is 42.5 Å². The summed E-state index contributed by atoms with van der Waals surface area (Å²) in [4.78, 5) is 2.23. The predicted octanol–water partition coefficient (Wildman–Crippen LogP) is 4.69. The van der Waals surface area contributed by atoms with Crippen LogP contribution >= 0.6 is 11.8 Å². The number of benzene rings is 2. The quantitative estimate of drug-likeness (QED) is 0.642. The topological polar surface area (TPSA) is 73.3 Å². The first-order valence-electron chi connectivity index (χ1n) is 9.35. The third-order valence-electron chi connectivity index (χ3n) is 5.22. The molecule has 1 fully saturated rings. The monoisotopic (exact) mass is 371 g/mol. The Morgan fingerprint density at radius 2 is 1.81 bits per heavy atom.